The zero-order chi connectivity index (χ0) is 15.5. The summed E-state index contributed by atoms with van der Waals surface area (Å²) in [5.41, 5.74) is -0.300. The first-order valence-corrected chi connectivity index (χ1v) is 8.10. The summed E-state index contributed by atoms with van der Waals surface area (Å²) in [6, 6.07) is 0.00919. The molecule has 1 N–H and O–H groups in total. The molecule has 0 bridgehead atoms. The molecule has 0 aliphatic carbocycles. The number of hydrogen-bond donors (Lipinski definition) is 1. The highest BCUT2D eigenvalue weighted by atomic mass is 16.5. The van der Waals surface area contributed by atoms with Gasteiger partial charge in [-0.2, -0.15) is 0 Å². The van der Waals surface area contributed by atoms with Crippen molar-refractivity contribution in [2.24, 2.45) is 11.3 Å². The van der Waals surface area contributed by atoms with Gasteiger partial charge in [0, 0.05) is 19.1 Å². The molecule has 1 amide bonds. The largest absolute Gasteiger partial charge is 0.469 e. The number of amides is 1. The summed E-state index contributed by atoms with van der Waals surface area (Å²) in [6.07, 6.45) is 4.24. The molecule has 0 spiro atoms. The monoisotopic (exact) mass is 296 g/mol. The van der Waals surface area contributed by atoms with Crippen LogP contribution in [0.2, 0.25) is 0 Å². The molecule has 2 rings (SSSR count). The van der Waals surface area contributed by atoms with Crippen LogP contribution in [0.15, 0.2) is 0 Å². The highest BCUT2D eigenvalue weighted by Gasteiger charge is 2.47. The quantitative estimate of drug-likeness (QED) is 0.800. The number of nitrogens with zero attached hydrogens (tertiary/aromatic N) is 1. The predicted octanol–water partition coefficient (Wildman–Crippen LogP) is 1.57. The van der Waals surface area contributed by atoms with Crippen LogP contribution >= 0.6 is 0 Å². The van der Waals surface area contributed by atoms with Crippen molar-refractivity contribution in [1.29, 1.82) is 0 Å². The minimum Gasteiger partial charge on any atom is -0.469 e. The molecular formula is C16H28N2O3. The minimum atomic E-state index is -0.300. The van der Waals surface area contributed by atoms with Crippen molar-refractivity contribution in [2.75, 3.05) is 26.7 Å². The van der Waals surface area contributed by atoms with Gasteiger partial charge < -0.3 is 15.0 Å². The van der Waals surface area contributed by atoms with Gasteiger partial charge in [-0.1, -0.05) is 13.8 Å². The van der Waals surface area contributed by atoms with E-state index >= 15 is 0 Å². The van der Waals surface area contributed by atoms with E-state index in [4.69, 9.17) is 4.74 Å². The Morgan fingerprint density at radius 1 is 1.38 bits per heavy atom. The van der Waals surface area contributed by atoms with Crippen LogP contribution in [0.4, 0.5) is 0 Å². The van der Waals surface area contributed by atoms with Crippen LogP contribution in [0.25, 0.3) is 0 Å². The summed E-state index contributed by atoms with van der Waals surface area (Å²) in [5, 5.41) is 3.34. The first kappa shape index (κ1) is 16.3. The third-order valence-electron chi connectivity index (χ3n) is 5.24. The van der Waals surface area contributed by atoms with Gasteiger partial charge in [0.2, 0.25) is 5.91 Å². The van der Waals surface area contributed by atoms with E-state index in [0.717, 1.165) is 45.3 Å². The van der Waals surface area contributed by atoms with Crippen molar-refractivity contribution in [2.45, 2.75) is 52.0 Å². The Balaban J connectivity index is 2.15. The molecule has 2 atom stereocenters. The summed E-state index contributed by atoms with van der Waals surface area (Å²) in [5.74, 6) is 0.319. The van der Waals surface area contributed by atoms with Crippen molar-refractivity contribution in [3.8, 4) is 0 Å². The van der Waals surface area contributed by atoms with E-state index in [-0.39, 0.29) is 23.3 Å². The molecular weight excluding hydrogens is 268 g/mol. The fourth-order valence-corrected chi connectivity index (χ4v) is 3.68. The minimum absolute atomic E-state index is 0.00919. The average molecular weight is 296 g/mol. The highest BCUT2D eigenvalue weighted by molar-refractivity contribution is 5.84. The van der Waals surface area contributed by atoms with Crippen molar-refractivity contribution in [3.05, 3.63) is 0 Å². The number of likely N-dealkylation sites (tertiary alicyclic amines) is 1. The Morgan fingerprint density at radius 3 is 2.71 bits per heavy atom. The summed E-state index contributed by atoms with van der Waals surface area (Å²) < 4.78 is 4.79. The second-order valence-corrected chi connectivity index (χ2v) is 6.67. The molecule has 0 aromatic heterocycles. The Morgan fingerprint density at radius 2 is 2.14 bits per heavy atom. The Labute approximate surface area is 127 Å². The lowest BCUT2D eigenvalue weighted by Crippen LogP contribution is -2.54. The van der Waals surface area contributed by atoms with Gasteiger partial charge in [0.05, 0.1) is 18.9 Å². The van der Waals surface area contributed by atoms with Crippen LogP contribution in [0, 0.1) is 11.3 Å². The number of methoxy groups -OCH3 is 1. The van der Waals surface area contributed by atoms with Crippen molar-refractivity contribution >= 4 is 11.9 Å². The molecule has 2 saturated heterocycles. The summed E-state index contributed by atoms with van der Waals surface area (Å²) >= 11 is 0. The normalized spacial score (nSPS) is 29.7. The number of piperidine rings is 1. The molecule has 5 heteroatoms. The molecule has 2 unspecified atom stereocenters. The lowest BCUT2D eigenvalue weighted by Gasteiger charge is -2.42. The molecule has 0 saturated carbocycles. The van der Waals surface area contributed by atoms with Crippen LogP contribution in [-0.4, -0.2) is 49.6 Å². The molecule has 2 fully saturated rings. The molecule has 0 aromatic carbocycles. The van der Waals surface area contributed by atoms with Gasteiger partial charge in [-0.15, -0.1) is 0 Å². The van der Waals surface area contributed by atoms with E-state index in [1.807, 2.05) is 4.90 Å². The lowest BCUT2D eigenvalue weighted by atomic mass is 9.74. The van der Waals surface area contributed by atoms with Crippen LogP contribution < -0.4 is 5.32 Å². The highest BCUT2D eigenvalue weighted by Crippen LogP contribution is 2.38. The summed E-state index contributed by atoms with van der Waals surface area (Å²) in [6.45, 7) is 6.69. The smallest absolute Gasteiger partial charge is 0.307 e. The first-order chi connectivity index (χ1) is 10.0. The topological polar surface area (TPSA) is 58.6 Å². The molecule has 21 heavy (non-hydrogen) atoms. The van der Waals surface area contributed by atoms with Gasteiger partial charge in [-0.3, -0.25) is 9.59 Å². The number of nitrogens with one attached hydrogen (secondary N) is 1. The van der Waals surface area contributed by atoms with Crippen LogP contribution in [0.5, 0.6) is 0 Å². The first-order valence-electron chi connectivity index (χ1n) is 8.10. The predicted molar refractivity (Wildman–Crippen MR) is 80.7 cm³/mol. The van der Waals surface area contributed by atoms with Crippen molar-refractivity contribution < 1.29 is 14.3 Å². The van der Waals surface area contributed by atoms with E-state index in [9.17, 15) is 9.59 Å². The fourth-order valence-electron chi connectivity index (χ4n) is 3.68. The summed E-state index contributed by atoms with van der Waals surface area (Å²) in [7, 11) is 1.41. The second-order valence-electron chi connectivity index (χ2n) is 6.67. The van der Waals surface area contributed by atoms with Gasteiger partial charge in [-0.05, 0) is 38.1 Å². The third-order valence-corrected chi connectivity index (χ3v) is 5.24. The van der Waals surface area contributed by atoms with E-state index in [0.29, 0.717) is 12.3 Å². The van der Waals surface area contributed by atoms with E-state index in [1.54, 1.807) is 0 Å². The maximum Gasteiger partial charge on any atom is 0.307 e. The SMILES string of the molecule is COC(=O)CC1CCCCN1C(=O)C1(C(C)C)CCNC1. The Hall–Kier alpha value is -1.10. The van der Waals surface area contributed by atoms with Crippen LogP contribution in [0.3, 0.4) is 0 Å². The van der Waals surface area contributed by atoms with Crippen molar-refractivity contribution in [1.82, 2.24) is 10.2 Å². The van der Waals surface area contributed by atoms with Crippen molar-refractivity contribution in [3.63, 3.8) is 0 Å². The molecule has 5 nitrogen and oxygen atoms in total. The van der Waals surface area contributed by atoms with Crippen LogP contribution in [0.1, 0.15) is 46.0 Å². The van der Waals surface area contributed by atoms with E-state index in [1.165, 1.54) is 7.11 Å². The lowest BCUT2D eigenvalue weighted by molar-refractivity contribution is -0.151. The van der Waals surface area contributed by atoms with Gasteiger partial charge in [0.1, 0.15) is 0 Å². The zero-order valence-electron chi connectivity index (χ0n) is 13.5. The van der Waals surface area contributed by atoms with Gasteiger partial charge in [0.25, 0.3) is 0 Å². The fraction of sp³-hybridized carbons (Fsp3) is 0.875. The maximum atomic E-state index is 13.2. The van der Waals surface area contributed by atoms with E-state index < -0.39 is 0 Å². The average Bonchev–Trinajstić information content (AvgIpc) is 2.98. The Bertz CT molecular complexity index is 389. The number of rotatable bonds is 4. The number of ether oxygens (including phenoxy) is 1. The molecule has 0 radical (unpaired) electrons. The third kappa shape index (κ3) is 3.23. The molecule has 2 aliphatic heterocycles. The van der Waals surface area contributed by atoms with Gasteiger partial charge in [0.15, 0.2) is 0 Å². The van der Waals surface area contributed by atoms with Gasteiger partial charge >= 0.3 is 5.97 Å². The standard InChI is InChI=1S/C16H28N2O3/c1-12(2)16(7-8-17-11-16)15(20)18-9-5-4-6-13(18)10-14(19)21-3/h12-13,17H,4-11H2,1-3H3. The summed E-state index contributed by atoms with van der Waals surface area (Å²) in [4.78, 5) is 26.8. The zero-order valence-corrected chi connectivity index (χ0v) is 13.5. The maximum absolute atomic E-state index is 13.2. The second kappa shape index (κ2) is 6.77. The molecule has 120 valence electrons. The van der Waals surface area contributed by atoms with Gasteiger partial charge in [-0.25, -0.2) is 0 Å². The number of hydrogen-bond acceptors (Lipinski definition) is 4. The van der Waals surface area contributed by atoms with E-state index in [2.05, 4.69) is 19.2 Å². The van der Waals surface area contributed by atoms with Crippen LogP contribution in [-0.2, 0) is 14.3 Å². The molecule has 0 aromatic rings. The number of esters is 1. The number of carbonyl (C=O) groups excluding carboxylic acids is 2. The molecule has 2 aliphatic rings. The Kier molecular flexibility index (Phi) is 5.25. The molecule has 2 heterocycles. The number of carbonyl (C=O) groups is 2.